The highest BCUT2D eigenvalue weighted by Crippen LogP contribution is 2.25. The van der Waals surface area contributed by atoms with Gasteiger partial charge in [0.15, 0.2) is 0 Å². The van der Waals surface area contributed by atoms with Gasteiger partial charge in [0, 0.05) is 28.8 Å². The number of rotatable bonds is 5. The molecule has 2 rings (SSSR count). The number of aromatic nitrogens is 1. The molecule has 1 heterocycles. The summed E-state index contributed by atoms with van der Waals surface area (Å²) in [7, 11) is -3.55. The summed E-state index contributed by atoms with van der Waals surface area (Å²) in [5, 5.41) is 0.619. The van der Waals surface area contributed by atoms with Crippen LogP contribution in [0, 0.1) is 5.92 Å². The van der Waals surface area contributed by atoms with Gasteiger partial charge in [-0.1, -0.05) is 20.3 Å². The summed E-state index contributed by atoms with van der Waals surface area (Å²) in [4.78, 5) is 3.21. The van der Waals surface area contributed by atoms with Gasteiger partial charge in [-0.25, -0.2) is 13.1 Å². The molecule has 4 N–H and O–H groups in total. The van der Waals surface area contributed by atoms with E-state index < -0.39 is 10.0 Å². The molecule has 0 radical (unpaired) electrons. The average molecular weight is 295 g/mol. The number of H-pyrrole nitrogens is 1. The van der Waals surface area contributed by atoms with Crippen molar-refractivity contribution in [1.29, 1.82) is 0 Å². The predicted molar refractivity (Wildman–Crippen MR) is 81.9 cm³/mol. The van der Waals surface area contributed by atoms with Crippen molar-refractivity contribution in [3.63, 3.8) is 0 Å². The van der Waals surface area contributed by atoms with Crippen LogP contribution in [-0.2, 0) is 10.0 Å². The van der Waals surface area contributed by atoms with E-state index in [4.69, 9.17) is 5.73 Å². The van der Waals surface area contributed by atoms with Crippen LogP contribution < -0.4 is 10.5 Å². The molecule has 2 aromatic rings. The van der Waals surface area contributed by atoms with Crippen LogP contribution in [0.25, 0.3) is 10.9 Å². The molecule has 0 amide bonds. The smallest absolute Gasteiger partial charge is 0.242 e. The van der Waals surface area contributed by atoms with Crippen LogP contribution in [0.2, 0.25) is 0 Å². The van der Waals surface area contributed by atoms with Crippen molar-refractivity contribution in [2.24, 2.45) is 5.92 Å². The summed E-state index contributed by atoms with van der Waals surface area (Å²) in [6, 6.07) is 5.08. The number of sulfonamides is 1. The zero-order chi connectivity index (χ0) is 14.9. The highest BCUT2D eigenvalue weighted by molar-refractivity contribution is 7.89. The van der Waals surface area contributed by atoms with E-state index in [1.54, 1.807) is 18.2 Å². The fourth-order valence-electron chi connectivity index (χ4n) is 2.11. The van der Waals surface area contributed by atoms with Crippen molar-refractivity contribution in [3.8, 4) is 0 Å². The zero-order valence-electron chi connectivity index (χ0n) is 12.0. The standard InChI is InChI=1S/C14H21N3O2S/c1-4-9(2)10(3)17-20(18,19)14-8-16-13-6-5-11(15)7-12(13)14/h5-10,16-17H,4,15H2,1-3H3. The van der Waals surface area contributed by atoms with Gasteiger partial charge in [0.25, 0.3) is 0 Å². The Labute approximate surface area is 119 Å². The molecule has 6 heteroatoms. The van der Waals surface area contributed by atoms with E-state index in [1.807, 2.05) is 20.8 Å². The van der Waals surface area contributed by atoms with Crippen molar-refractivity contribution >= 4 is 26.6 Å². The summed E-state index contributed by atoms with van der Waals surface area (Å²) in [5.41, 5.74) is 7.04. The Morgan fingerprint density at radius 1 is 1.35 bits per heavy atom. The first-order chi connectivity index (χ1) is 9.35. The highest BCUT2D eigenvalue weighted by atomic mass is 32.2. The first-order valence-electron chi connectivity index (χ1n) is 6.74. The minimum absolute atomic E-state index is 0.115. The molecule has 0 saturated heterocycles. The molecule has 0 fully saturated rings. The lowest BCUT2D eigenvalue weighted by molar-refractivity contribution is 0.434. The van der Waals surface area contributed by atoms with Crippen molar-refractivity contribution in [2.75, 3.05) is 5.73 Å². The van der Waals surface area contributed by atoms with Gasteiger partial charge < -0.3 is 10.7 Å². The maximum Gasteiger partial charge on any atom is 0.242 e. The van der Waals surface area contributed by atoms with Gasteiger partial charge in [-0.3, -0.25) is 0 Å². The second-order valence-electron chi connectivity index (χ2n) is 5.25. The summed E-state index contributed by atoms with van der Waals surface area (Å²) >= 11 is 0. The molecule has 1 aromatic heterocycles. The van der Waals surface area contributed by atoms with E-state index >= 15 is 0 Å². The van der Waals surface area contributed by atoms with Crippen molar-refractivity contribution in [3.05, 3.63) is 24.4 Å². The first kappa shape index (κ1) is 14.9. The first-order valence-corrected chi connectivity index (χ1v) is 8.22. The van der Waals surface area contributed by atoms with Crippen molar-refractivity contribution in [1.82, 2.24) is 9.71 Å². The number of hydrogen-bond acceptors (Lipinski definition) is 3. The lowest BCUT2D eigenvalue weighted by Gasteiger charge is -2.19. The molecule has 110 valence electrons. The largest absolute Gasteiger partial charge is 0.399 e. The fourth-order valence-corrected chi connectivity index (χ4v) is 3.63. The Bertz CT molecular complexity index is 706. The van der Waals surface area contributed by atoms with E-state index in [9.17, 15) is 8.42 Å². The molecule has 0 aliphatic rings. The van der Waals surface area contributed by atoms with Crippen LogP contribution in [0.1, 0.15) is 27.2 Å². The number of fused-ring (bicyclic) bond motifs is 1. The summed E-state index contributed by atoms with van der Waals surface area (Å²) in [6.45, 7) is 5.96. The van der Waals surface area contributed by atoms with Gasteiger partial charge in [0.2, 0.25) is 10.0 Å². The molecule has 0 saturated carbocycles. The molecule has 0 aliphatic carbocycles. The summed E-state index contributed by atoms with van der Waals surface area (Å²) < 4.78 is 27.7. The normalized spacial score (nSPS) is 15.3. The zero-order valence-corrected chi connectivity index (χ0v) is 12.8. The minimum atomic E-state index is -3.55. The van der Waals surface area contributed by atoms with E-state index in [1.165, 1.54) is 6.20 Å². The molecule has 20 heavy (non-hydrogen) atoms. The van der Waals surface area contributed by atoms with Gasteiger partial charge in [-0.15, -0.1) is 0 Å². The molecule has 1 aromatic carbocycles. The van der Waals surface area contributed by atoms with E-state index in [0.717, 1.165) is 11.9 Å². The number of nitrogen functional groups attached to an aromatic ring is 1. The van der Waals surface area contributed by atoms with Gasteiger partial charge in [0.1, 0.15) is 4.90 Å². The fraction of sp³-hybridized carbons (Fsp3) is 0.429. The van der Waals surface area contributed by atoms with E-state index in [0.29, 0.717) is 11.1 Å². The Balaban J connectivity index is 2.39. The number of nitrogens with two attached hydrogens (primary N) is 1. The average Bonchev–Trinajstić information content (AvgIpc) is 2.80. The second-order valence-corrected chi connectivity index (χ2v) is 6.94. The third-order valence-corrected chi connectivity index (χ3v) is 5.39. The Morgan fingerprint density at radius 2 is 2.05 bits per heavy atom. The quantitative estimate of drug-likeness (QED) is 0.740. The lowest BCUT2D eigenvalue weighted by atomic mass is 10.0. The Morgan fingerprint density at radius 3 is 2.70 bits per heavy atom. The maximum atomic E-state index is 12.5. The number of hydrogen-bond donors (Lipinski definition) is 3. The molecule has 5 nitrogen and oxygen atoms in total. The number of anilines is 1. The maximum absolute atomic E-state index is 12.5. The predicted octanol–water partition coefficient (Wildman–Crippen LogP) is 2.46. The minimum Gasteiger partial charge on any atom is -0.399 e. The SMILES string of the molecule is CCC(C)C(C)NS(=O)(=O)c1c[nH]c2ccc(N)cc12. The molecular weight excluding hydrogens is 274 g/mol. The van der Waals surface area contributed by atoms with Crippen LogP contribution in [0.3, 0.4) is 0 Å². The van der Waals surface area contributed by atoms with Crippen molar-refractivity contribution in [2.45, 2.75) is 38.1 Å². The highest BCUT2D eigenvalue weighted by Gasteiger charge is 2.23. The van der Waals surface area contributed by atoms with Gasteiger partial charge in [-0.05, 0) is 31.0 Å². The third kappa shape index (κ3) is 2.81. The molecule has 2 unspecified atom stereocenters. The molecule has 2 atom stereocenters. The molecular formula is C14H21N3O2S. The number of benzene rings is 1. The Hall–Kier alpha value is -1.53. The van der Waals surface area contributed by atoms with E-state index in [-0.39, 0.29) is 16.9 Å². The van der Waals surface area contributed by atoms with Gasteiger partial charge >= 0.3 is 0 Å². The van der Waals surface area contributed by atoms with Crippen LogP contribution in [0.5, 0.6) is 0 Å². The Kier molecular flexibility index (Phi) is 4.06. The summed E-state index contributed by atoms with van der Waals surface area (Å²) in [5.74, 6) is 0.278. The second kappa shape index (κ2) is 5.46. The molecule has 0 bridgehead atoms. The molecule has 0 spiro atoms. The lowest BCUT2D eigenvalue weighted by Crippen LogP contribution is -2.36. The topological polar surface area (TPSA) is 88.0 Å². The van der Waals surface area contributed by atoms with Crippen LogP contribution in [0.15, 0.2) is 29.3 Å². The number of aromatic amines is 1. The third-order valence-electron chi connectivity index (χ3n) is 3.80. The van der Waals surface area contributed by atoms with Gasteiger partial charge in [0.05, 0.1) is 0 Å². The monoisotopic (exact) mass is 295 g/mol. The van der Waals surface area contributed by atoms with Crippen LogP contribution in [0.4, 0.5) is 5.69 Å². The summed E-state index contributed by atoms with van der Waals surface area (Å²) in [6.07, 6.45) is 2.43. The molecule has 0 aliphatic heterocycles. The van der Waals surface area contributed by atoms with Crippen LogP contribution in [-0.4, -0.2) is 19.4 Å². The van der Waals surface area contributed by atoms with Crippen molar-refractivity contribution < 1.29 is 8.42 Å². The van der Waals surface area contributed by atoms with Crippen LogP contribution >= 0.6 is 0 Å². The number of nitrogens with one attached hydrogen (secondary N) is 2. The van der Waals surface area contributed by atoms with Gasteiger partial charge in [-0.2, -0.15) is 0 Å². The van der Waals surface area contributed by atoms with E-state index in [2.05, 4.69) is 9.71 Å².